The summed E-state index contributed by atoms with van der Waals surface area (Å²) in [5, 5.41) is 6.22. The molecule has 0 heterocycles. The molecule has 3 rings (SSSR count). The third-order valence-corrected chi connectivity index (χ3v) is 3.90. The number of rotatable bonds is 7. The molecule has 1 aliphatic rings. The molecule has 2 aromatic rings. The molecule has 1 fully saturated rings. The molecule has 0 aliphatic heterocycles. The van der Waals surface area contributed by atoms with Crippen molar-refractivity contribution in [1.29, 1.82) is 0 Å². The Morgan fingerprint density at radius 1 is 1.15 bits per heavy atom. The van der Waals surface area contributed by atoms with Gasteiger partial charge in [0, 0.05) is 18.2 Å². The molecule has 0 atom stereocenters. The summed E-state index contributed by atoms with van der Waals surface area (Å²) in [6.45, 7) is 3.91. The van der Waals surface area contributed by atoms with Crippen molar-refractivity contribution in [2.45, 2.75) is 45.2 Å². The first kappa shape index (κ1) is 13.4. The Balaban J connectivity index is 1.87. The molecule has 0 bridgehead atoms. The Morgan fingerprint density at radius 2 is 2.00 bits per heavy atom. The maximum Gasteiger partial charge on any atom is 0.124 e. The number of nitrogens with one attached hydrogen (secondary N) is 1. The standard InChI is InChI=1S/C18H23NO/c1-2-3-12-20-18-11-8-14-6-4-5-7-16(14)17(18)13-19-15-9-10-15/h4-8,11,15,19H,2-3,9-10,12-13H2,1H3. The van der Waals surface area contributed by atoms with E-state index in [1.807, 2.05) is 0 Å². The van der Waals surface area contributed by atoms with Crippen molar-refractivity contribution in [3.63, 3.8) is 0 Å². The normalized spacial score (nSPS) is 14.7. The quantitative estimate of drug-likeness (QED) is 0.758. The van der Waals surface area contributed by atoms with Crippen LogP contribution in [0.25, 0.3) is 10.8 Å². The second kappa shape index (κ2) is 6.27. The molecule has 2 nitrogen and oxygen atoms in total. The Bertz CT molecular complexity index is 575. The highest BCUT2D eigenvalue weighted by molar-refractivity contribution is 5.87. The second-order valence-electron chi connectivity index (χ2n) is 5.62. The lowest BCUT2D eigenvalue weighted by molar-refractivity contribution is 0.306. The van der Waals surface area contributed by atoms with Crippen molar-refractivity contribution in [2.75, 3.05) is 6.61 Å². The van der Waals surface area contributed by atoms with Crippen LogP contribution in [0.5, 0.6) is 5.75 Å². The molecule has 0 radical (unpaired) electrons. The molecule has 2 aromatic carbocycles. The Labute approximate surface area is 121 Å². The summed E-state index contributed by atoms with van der Waals surface area (Å²) in [5.74, 6) is 1.05. The average Bonchev–Trinajstić information content (AvgIpc) is 3.30. The van der Waals surface area contributed by atoms with Crippen LogP contribution in [0.2, 0.25) is 0 Å². The first-order valence-electron chi connectivity index (χ1n) is 7.75. The van der Waals surface area contributed by atoms with Gasteiger partial charge in [0.2, 0.25) is 0 Å². The van der Waals surface area contributed by atoms with E-state index in [4.69, 9.17) is 4.74 Å². The third kappa shape index (κ3) is 3.13. The summed E-state index contributed by atoms with van der Waals surface area (Å²) in [5.41, 5.74) is 1.31. The van der Waals surface area contributed by atoms with Crippen LogP contribution >= 0.6 is 0 Å². The van der Waals surface area contributed by atoms with Gasteiger partial charge in [-0.3, -0.25) is 0 Å². The van der Waals surface area contributed by atoms with Crippen molar-refractivity contribution in [2.24, 2.45) is 0 Å². The molecule has 1 saturated carbocycles. The molecule has 0 spiro atoms. The molecule has 20 heavy (non-hydrogen) atoms. The van der Waals surface area contributed by atoms with Gasteiger partial charge in [0.15, 0.2) is 0 Å². The Kier molecular flexibility index (Phi) is 4.22. The number of benzene rings is 2. The highest BCUT2D eigenvalue weighted by Gasteiger charge is 2.21. The smallest absolute Gasteiger partial charge is 0.124 e. The second-order valence-corrected chi connectivity index (χ2v) is 5.62. The Hall–Kier alpha value is -1.54. The monoisotopic (exact) mass is 269 g/mol. The van der Waals surface area contributed by atoms with E-state index in [1.165, 1.54) is 35.6 Å². The van der Waals surface area contributed by atoms with Crippen molar-refractivity contribution in [1.82, 2.24) is 5.32 Å². The first-order valence-corrected chi connectivity index (χ1v) is 7.75. The zero-order valence-corrected chi connectivity index (χ0v) is 12.2. The molecule has 0 amide bonds. The number of fused-ring (bicyclic) bond motifs is 1. The largest absolute Gasteiger partial charge is 0.493 e. The summed E-state index contributed by atoms with van der Waals surface area (Å²) in [6, 6.07) is 13.6. The number of unbranched alkanes of at least 4 members (excludes halogenated alkanes) is 1. The predicted octanol–water partition coefficient (Wildman–Crippen LogP) is 4.27. The molecule has 2 heteroatoms. The van der Waals surface area contributed by atoms with E-state index in [0.29, 0.717) is 0 Å². The lowest BCUT2D eigenvalue weighted by Crippen LogP contribution is -2.16. The molecular weight excluding hydrogens is 246 g/mol. The fourth-order valence-corrected chi connectivity index (χ4v) is 2.49. The zero-order chi connectivity index (χ0) is 13.8. The van der Waals surface area contributed by atoms with Crippen molar-refractivity contribution < 1.29 is 4.74 Å². The fraction of sp³-hybridized carbons (Fsp3) is 0.444. The molecular formula is C18H23NO. The van der Waals surface area contributed by atoms with Crippen LogP contribution in [0.15, 0.2) is 36.4 Å². The molecule has 0 saturated heterocycles. The SMILES string of the molecule is CCCCOc1ccc2ccccc2c1CNC1CC1. The van der Waals surface area contributed by atoms with Gasteiger partial charge in [-0.2, -0.15) is 0 Å². The highest BCUT2D eigenvalue weighted by Crippen LogP contribution is 2.29. The van der Waals surface area contributed by atoms with Gasteiger partial charge in [-0.1, -0.05) is 43.7 Å². The van der Waals surface area contributed by atoms with Gasteiger partial charge < -0.3 is 10.1 Å². The number of ether oxygens (including phenoxy) is 1. The van der Waals surface area contributed by atoms with E-state index in [1.54, 1.807) is 0 Å². The minimum Gasteiger partial charge on any atom is -0.493 e. The van der Waals surface area contributed by atoms with Crippen LogP contribution in [0.4, 0.5) is 0 Å². The maximum atomic E-state index is 6.00. The number of hydrogen-bond donors (Lipinski definition) is 1. The van der Waals surface area contributed by atoms with Gasteiger partial charge in [0.25, 0.3) is 0 Å². The molecule has 106 valence electrons. The third-order valence-electron chi connectivity index (χ3n) is 3.90. The van der Waals surface area contributed by atoms with E-state index in [2.05, 4.69) is 48.6 Å². The van der Waals surface area contributed by atoms with Crippen molar-refractivity contribution in [3.05, 3.63) is 42.0 Å². The minimum atomic E-state index is 0.720. The topological polar surface area (TPSA) is 21.3 Å². The van der Waals surface area contributed by atoms with Gasteiger partial charge in [-0.15, -0.1) is 0 Å². The van der Waals surface area contributed by atoms with E-state index >= 15 is 0 Å². The van der Waals surface area contributed by atoms with E-state index in [0.717, 1.165) is 31.4 Å². The first-order chi connectivity index (χ1) is 9.88. The zero-order valence-electron chi connectivity index (χ0n) is 12.2. The lowest BCUT2D eigenvalue weighted by atomic mass is 10.0. The van der Waals surface area contributed by atoms with Crippen LogP contribution in [0.1, 0.15) is 38.2 Å². The van der Waals surface area contributed by atoms with Crippen molar-refractivity contribution >= 4 is 10.8 Å². The highest BCUT2D eigenvalue weighted by atomic mass is 16.5. The Morgan fingerprint density at radius 3 is 2.80 bits per heavy atom. The van der Waals surface area contributed by atoms with Crippen LogP contribution in [0, 0.1) is 0 Å². The molecule has 0 unspecified atom stereocenters. The molecule has 1 N–H and O–H groups in total. The van der Waals surface area contributed by atoms with Gasteiger partial charge in [0.05, 0.1) is 6.61 Å². The molecule has 1 aliphatic carbocycles. The maximum absolute atomic E-state index is 6.00. The predicted molar refractivity (Wildman–Crippen MR) is 84.2 cm³/mol. The van der Waals surface area contributed by atoms with Gasteiger partial charge in [-0.05, 0) is 36.1 Å². The lowest BCUT2D eigenvalue weighted by Gasteiger charge is -2.15. The van der Waals surface area contributed by atoms with E-state index in [9.17, 15) is 0 Å². The summed E-state index contributed by atoms with van der Waals surface area (Å²) < 4.78 is 6.00. The summed E-state index contributed by atoms with van der Waals surface area (Å²) in [4.78, 5) is 0. The average molecular weight is 269 g/mol. The van der Waals surface area contributed by atoms with Crippen LogP contribution in [0.3, 0.4) is 0 Å². The summed E-state index contributed by atoms with van der Waals surface area (Å²) in [7, 11) is 0. The molecule has 0 aromatic heterocycles. The minimum absolute atomic E-state index is 0.720. The van der Waals surface area contributed by atoms with Crippen molar-refractivity contribution in [3.8, 4) is 5.75 Å². The summed E-state index contributed by atoms with van der Waals surface area (Å²) >= 11 is 0. The van der Waals surface area contributed by atoms with Crippen LogP contribution < -0.4 is 10.1 Å². The fourth-order valence-electron chi connectivity index (χ4n) is 2.49. The van der Waals surface area contributed by atoms with Gasteiger partial charge in [0.1, 0.15) is 5.75 Å². The summed E-state index contributed by atoms with van der Waals surface area (Å²) in [6.07, 6.45) is 4.92. The van der Waals surface area contributed by atoms with E-state index in [-0.39, 0.29) is 0 Å². The van der Waals surface area contributed by atoms with Gasteiger partial charge >= 0.3 is 0 Å². The van der Waals surface area contributed by atoms with Crippen LogP contribution in [-0.4, -0.2) is 12.6 Å². The number of hydrogen-bond acceptors (Lipinski definition) is 2. The van der Waals surface area contributed by atoms with Gasteiger partial charge in [-0.25, -0.2) is 0 Å². The van der Waals surface area contributed by atoms with Crippen LogP contribution in [-0.2, 0) is 6.54 Å². The van der Waals surface area contributed by atoms with E-state index < -0.39 is 0 Å².